The third-order valence-electron chi connectivity index (χ3n) is 12.9. The number of alkyl halides is 6. The maximum atomic E-state index is 14.7. The Kier molecular flexibility index (Phi) is 9.81. The Morgan fingerprint density at radius 1 is 0.409 bits per heavy atom. The fourth-order valence-electron chi connectivity index (χ4n) is 10.4. The number of nitrogens with zero attached hydrogens (tertiary/aromatic N) is 3. The lowest BCUT2D eigenvalue weighted by Gasteiger charge is -2.21. The second-order valence-corrected chi connectivity index (χ2v) is 17.5. The molecule has 3 nitrogen and oxygen atoms in total. The van der Waals surface area contributed by atoms with Crippen LogP contribution in [-0.4, -0.2) is 9.13 Å². The van der Waals surface area contributed by atoms with E-state index in [0.717, 1.165) is 89.3 Å². The molecule has 0 fully saturated rings. The first kappa shape index (κ1) is 42.4. The third kappa shape index (κ3) is 6.91. The molecule has 0 radical (unpaired) electrons. The molecule has 2 heterocycles. The number of fused-ring (bicyclic) bond motifs is 6. The average molecular weight is 882 g/mol. The summed E-state index contributed by atoms with van der Waals surface area (Å²) < 4.78 is 92.2. The molecule has 0 aliphatic rings. The molecule has 0 atom stereocenters. The predicted molar refractivity (Wildman–Crippen MR) is 255 cm³/mol. The van der Waals surface area contributed by atoms with Crippen LogP contribution in [0.15, 0.2) is 140 Å². The lowest BCUT2D eigenvalue weighted by molar-refractivity contribution is -0.143. The third-order valence-corrected chi connectivity index (χ3v) is 12.9. The molecule has 326 valence electrons. The molecule has 10 rings (SSSR count). The van der Waals surface area contributed by atoms with Crippen LogP contribution in [0.4, 0.5) is 26.3 Å². The molecule has 10 aromatic rings. The highest BCUT2D eigenvalue weighted by Gasteiger charge is 2.37. The van der Waals surface area contributed by atoms with Crippen LogP contribution in [0.1, 0.15) is 50.1 Å². The second-order valence-electron chi connectivity index (χ2n) is 17.5. The number of aromatic nitrogens is 2. The SMILES string of the molecule is Cc1cc(C)c(-c2ccc3c4ccccc4n(-c4cc(-c5cc(C(F)(F)F)cc(C(F)(F)F)c5)c(-n5c6ccccc6c6ccc(-c7c(C)cc(C)cc7C)cc65)cc4C#N)c3c2)c(C)c1. The summed E-state index contributed by atoms with van der Waals surface area (Å²) in [6.07, 6.45) is -10.2. The Bertz CT molecular complexity index is 3630. The van der Waals surface area contributed by atoms with Crippen molar-refractivity contribution in [2.24, 2.45) is 0 Å². The zero-order chi connectivity index (χ0) is 46.6. The number of para-hydroxylation sites is 2. The summed E-state index contributed by atoms with van der Waals surface area (Å²) in [6.45, 7) is 12.3. The molecule has 8 aromatic carbocycles. The lowest BCUT2D eigenvalue weighted by atomic mass is 9.93. The average Bonchev–Trinajstić information content (AvgIpc) is 3.76. The normalized spacial score (nSPS) is 12.2. The first-order chi connectivity index (χ1) is 31.4. The van der Waals surface area contributed by atoms with E-state index >= 15 is 0 Å². The molecule has 66 heavy (non-hydrogen) atoms. The minimum Gasteiger partial charge on any atom is -0.309 e. The maximum Gasteiger partial charge on any atom is 0.416 e. The molecule has 0 saturated carbocycles. The highest BCUT2D eigenvalue weighted by Crippen LogP contribution is 2.45. The minimum absolute atomic E-state index is 0.0728. The van der Waals surface area contributed by atoms with Gasteiger partial charge < -0.3 is 9.13 Å². The number of aryl methyl sites for hydroxylation is 6. The van der Waals surface area contributed by atoms with Gasteiger partial charge in [-0.05, 0) is 146 Å². The summed E-state index contributed by atoms with van der Waals surface area (Å²) in [5, 5.41) is 14.6. The van der Waals surface area contributed by atoms with E-state index < -0.39 is 23.5 Å². The molecule has 9 heteroatoms. The van der Waals surface area contributed by atoms with Gasteiger partial charge in [-0.15, -0.1) is 0 Å². The highest BCUT2D eigenvalue weighted by atomic mass is 19.4. The summed E-state index contributed by atoms with van der Waals surface area (Å²) in [6, 6.07) is 43.1. The maximum absolute atomic E-state index is 14.7. The van der Waals surface area contributed by atoms with Crippen LogP contribution in [0.25, 0.3) is 88.4 Å². The van der Waals surface area contributed by atoms with Crippen molar-refractivity contribution in [2.75, 3.05) is 0 Å². The molecule has 0 aliphatic carbocycles. The van der Waals surface area contributed by atoms with E-state index in [-0.39, 0.29) is 28.4 Å². The van der Waals surface area contributed by atoms with Gasteiger partial charge in [0.25, 0.3) is 0 Å². The van der Waals surface area contributed by atoms with Gasteiger partial charge in [0, 0.05) is 27.1 Å². The zero-order valence-electron chi connectivity index (χ0n) is 36.9. The quantitative estimate of drug-likeness (QED) is 0.159. The summed E-state index contributed by atoms with van der Waals surface area (Å²) >= 11 is 0. The van der Waals surface area contributed by atoms with Crippen LogP contribution in [0.5, 0.6) is 0 Å². The van der Waals surface area contributed by atoms with Crippen molar-refractivity contribution in [1.82, 2.24) is 9.13 Å². The topological polar surface area (TPSA) is 33.6 Å². The number of halogens is 6. The van der Waals surface area contributed by atoms with Crippen molar-refractivity contribution in [2.45, 2.75) is 53.9 Å². The van der Waals surface area contributed by atoms with E-state index in [1.54, 1.807) is 12.1 Å². The molecule has 0 aliphatic heterocycles. The van der Waals surface area contributed by atoms with Crippen LogP contribution >= 0.6 is 0 Å². The van der Waals surface area contributed by atoms with Crippen molar-refractivity contribution < 1.29 is 26.3 Å². The molecule has 0 amide bonds. The Morgan fingerprint density at radius 2 is 0.818 bits per heavy atom. The standard InChI is InChI=1S/C57H41F6N3/c1-31-19-33(3)54(34(4)20-31)37-15-17-45-43-11-7-9-13-48(43)65(51(45)25-37)50-29-47(39-23-41(56(58,59)60)28-42(24-39)57(61,62)63)53(27-40(50)30-64)66-49-14-10-8-12-44(49)46-18-16-38(26-52(46)66)55-35(5)21-32(2)22-36(55)6/h7-29H,1-6H3. The van der Waals surface area contributed by atoms with Crippen molar-refractivity contribution in [1.29, 1.82) is 5.26 Å². The van der Waals surface area contributed by atoms with Crippen LogP contribution in [0, 0.1) is 52.9 Å². The number of hydrogen-bond donors (Lipinski definition) is 0. The van der Waals surface area contributed by atoms with Crippen molar-refractivity contribution in [3.05, 3.63) is 190 Å². The summed E-state index contributed by atoms with van der Waals surface area (Å²) in [4.78, 5) is 0. The zero-order valence-corrected chi connectivity index (χ0v) is 36.9. The molecule has 0 bridgehead atoms. The number of hydrogen-bond acceptors (Lipinski definition) is 1. The second kappa shape index (κ2) is 15.3. The van der Waals surface area contributed by atoms with E-state index in [9.17, 15) is 31.6 Å². The fraction of sp³-hybridized carbons (Fsp3) is 0.140. The van der Waals surface area contributed by atoms with Gasteiger partial charge in [-0.3, -0.25) is 0 Å². The van der Waals surface area contributed by atoms with E-state index in [4.69, 9.17) is 0 Å². The predicted octanol–water partition coefficient (Wildman–Crippen LogP) is 16.6. The van der Waals surface area contributed by atoms with Crippen LogP contribution < -0.4 is 0 Å². The van der Waals surface area contributed by atoms with Gasteiger partial charge in [-0.25, -0.2) is 0 Å². The Hall–Kier alpha value is -7.57. The molecule has 0 N–H and O–H groups in total. The Balaban J connectivity index is 1.35. The number of nitriles is 1. The van der Waals surface area contributed by atoms with Crippen LogP contribution in [0.2, 0.25) is 0 Å². The fourth-order valence-corrected chi connectivity index (χ4v) is 10.4. The van der Waals surface area contributed by atoms with Crippen molar-refractivity contribution in [3.63, 3.8) is 0 Å². The Morgan fingerprint density at radius 3 is 1.24 bits per heavy atom. The Labute approximate surface area is 377 Å². The minimum atomic E-state index is -5.10. The van der Waals surface area contributed by atoms with Gasteiger partial charge in [-0.2, -0.15) is 31.6 Å². The molecule has 0 spiro atoms. The van der Waals surface area contributed by atoms with E-state index in [0.29, 0.717) is 27.8 Å². The largest absolute Gasteiger partial charge is 0.416 e. The van der Waals surface area contributed by atoms with Gasteiger partial charge in [0.05, 0.1) is 50.1 Å². The molecule has 0 unspecified atom stereocenters. The molecule has 2 aromatic heterocycles. The van der Waals surface area contributed by atoms with Gasteiger partial charge in [0.1, 0.15) is 6.07 Å². The monoisotopic (exact) mass is 881 g/mol. The highest BCUT2D eigenvalue weighted by molar-refractivity contribution is 6.12. The molecular weight excluding hydrogens is 841 g/mol. The van der Waals surface area contributed by atoms with Crippen LogP contribution in [0.3, 0.4) is 0 Å². The van der Waals surface area contributed by atoms with E-state index in [1.165, 1.54) is 0 Å². The van der Waals surface area contributed by atoms with Gasteiger partial charge in [-0.1, -0.05) is 96.1 Å². The summed E-state index contributed by atoms with van der Waals surface area (Å²) in [5.41, 5.74) is 10.7. The van der Waals surface area contributed by atoms with Gasteiger partial charge >= 0.3 is 12.4 Å². The van der Waals surface area contributed by atoms with Gasteiger partial charge in [0.15, 0.2) is 0 Å². The summed E-state index contributed by atoms with van der Waals surface area (Å²) in [7, 11) is 0. The number of rotatable bonds is 5. The summed E-state index contributed by atoms with van der Waals surface area (Å²) in [5.74, 6) is 0. The smallest absolute Gasteiger partial charge is 0.309 e. The first-order valence-corrected chi connectivity index (χ1v) is 21.5. The van der Waals surface area contributed by atoms with E-state index in [1.807, 2.05) is 116 Å². The first-order valence-electron chi connectivity index (χ1n) is 21.5. The molecular formula is C57H41F6N3. The number of benzene rings is 8. The molecule has 0 saturated heterocycles. The van der Waals surface area contributed by atoms with Crippen LogP contribution in [-0.2, 0) is 12.4 Å². The lowest BCUT2D eigenvalue weighted by Crippen LogP contribution is -2.11. The van der Waals surface area contributed by atoms with Crippen molar-refractivity contribution >= 4 is 43.6 Å². The van der Waals surface area contributed by atoms with Gasteiger partial charge in [0.2, 0.25) is 0 Å². The van der Waals surface area contributed by atoms with Crippen molar-refractivity contribution in [3.8, 4) is 50.8 Å². The van der Waals surface area contributed by atoms with E-state index in [2.05, 4.69) is 50.2 Å².